The van der Waals surface area contributed by atoms with Gasteiger partial charge in [-0.25, -0.2) is 0 Å². The smallest absolute Gasteiger partial charge is 0.265 e. The molecule has 0 aliphatic heterocycles. The van der Waals surface area contributed by atoms with Crippen LogP contribution in [-0.4, -0.2) is 25.8 Å². The Hall–Kier alpha value is -2.14. The van der Waals surface area contributed by atoms with Gasteiger partial charge in [0, 0.05) is 25.5 Å². The van der Waals surface area contributed by atoms with Crippen LogP contribution in [0.1, 0.15) is 16.6 Å². The average molecular weight is 287 g/mol. The summed E-state index contributed by atoms with van der Waals surface area (Å²) in [6.45, 7) is 1.95. The van der Waals surface area contributed by atoms with E-state index in [4.69, 9.17) is 0 Å². The Labute approximate surface area is 122 Å². The van der Waals surface area contributed by atoms with E-state index in [0.717, 1.165) is 17.2 Å². The Morgan fingerprint density at radius 1 is 1.25 bits per heavy atom. The van der Waals surface area contributed by atoms with Crippen LogP contribution in [0.4, 0.5) is 11.4 Å². The van der Waals surface area contributed by atoms with Gasteiger partial charge < -0.3 is 10.2 Å². The van der Waals surface area contributed by atoms with E-state index in [-0.39, 0.29) is 5.91 Å². The molecule has 1 aromatic carbocycles. The highest BCUT2D eigenvalue weighted by Gasteiger charge is 2.07. The van der Waals surface area contributed by atoms with Crippen molar-refractivity contribution in [1.82, 2.24) is 0 Å². The van der Waals surface area contributed by atoms with E-state index in [1.807, 2.05) is 60.6 Å². The topological polar surface area (TPSA) is 44.7 Å². The van der Waals surface area contributed by atoms with Crippen LogP contribution in [0.15, 0.2) is 46.8 Å². The predicted molar refractivity (Wildman–Crippen MR) is 86.2 cm³/mol. The second kappa shape index (κ2) is 6.34. The molecule has 2 aromatic rings. The molecule has 1 heterocycles. The summed E-state index contributed by atoms with van der Waals surface area (Å²) in [4.78, 5) is 18.8. The Bertz CT molecular complexity index is 603. The van der Waals surface area contributed by atoms with Crippen LogP contribution in [0.3, 0.4) is 0 Å². The maximum absolute atomic E-state index is 11.9. The molecule has 0 spiro atoms. The summed E-state index contributed by atoms with van der Waals surface area (Å²) >= 11 is 1.43. The highest BCUT2D eigenvalue weighted by atomic mass is 32.1. The molecule has 1 aromatic heterocycles. The second-order valence-electron chi connectivity index (χ2n) is 4.31. The van der Waals surface area contributed by atoms with Gasteiger partial charge in [0.25, 0.3) is 5.91 Å². The number of carbonyl (C=O) groups is 1. The van der Waals surface area contributed by atoms with Gasteiger partial charge in [-0.2, -0.15) is 0 Å². The molecule has 104 valence electrons. The zero-order valence-electron chi connectivity index (χ0n) is 11.8. The van der Waals surface area contributed by atoms with Crippen LogP contribution >= 0.6 is 11.3 Å². The summed E-state index contributed by atoms with van der Waals surface area (Å²) in [7, 11) is 3.73. The third-order valence-electron chi connectivity index (χ3n) is 3.07. The highest BCUT2D eigenvalue weighted by Crippen LogP contribution is 2.18. The van der Waals surface area contributed by atoms with Crippen LogP contribution in [0.5, 0.6) is 0 Å². The average Bonchev–Trinajstić information content (AvgIpc) is 3.01. The quantitative estimate of drug-likeness (QED) is 0.694. The van der Waals surface area contributed by atoms with Crippen molar-refractivity contribution in [3.63, 3.8) is 0 Å². The number of anilines is 2. The number of thiophene rings is 1. The highest BCUT2D eigenvalue weighted by molar-refractivity contribution is 7.12. The van der Waals surface area contributed by atoms with Crippen molar-refractivity contribution in [2.45, 2.75) is 6.92 Å². The summed E-state index contributed by atoms with van der Waals surface area (Å²) < 4.78 is 0. The van der Waals surface area contributed by atoms with Gasteiger partial charge in [-0.05, 0) is 42.6 Å². The number of hydrogen-bond donors (Lipinski definition) is 1. The summed E-state index contributed by atoms with van der Waals surface area (Å²) in [6.07, 6.45) is 0. The first-order chi connectivity index (χ1) is 9.61. The molecule has 0 fully saturated rings. The zero-order valence-corrected chi connectivity index (χ0v) is 12.6. The maximum Gasteiger partial charge on any atom is 0.265 e. The van der Waals surface area contributed by atoms with Crippen molar-refractivity contribution >= 4 is 34.5 Å². The van der Waals surface area contributed by atoms with E-state index in [2.05, 4.69) is 10.3 Å². The van der Waals surface area contributed by atoms with E-state index in [9.17, 15) is 4.79 Å². The number of nitrogens with one attached hydrogen (secondary N) is 1. The Kier molecular flexibility index (Phi) is 4.53. The first-order valence-electron chi connectivity index (χ1n) is 6.24. The molecule has 0 aliphatic rings. The first kappa shape index (κ1) is 14.3. The molecule has 4 nitrogen and oxygen atoms in total. The van der Waals surface area contributed by atoms with Crippen molar-refractivity contribution in [3.05, 3.63) is 46.7 Å². The van der Waals surface area contributed by atoms with Crippen molar-refractivity contribution < 1.29 is 4.79 Å². The van der Waals surface area contributed by atoms with Crippen LogP contribution in [0.2, 0.25) is 0 Å². The normalized spacial score (nSPS) is 11.2. The van der Waals surface area contributed by atoms with E-state index < -0.39 is 0 Å². The van der Waals surface area contributed by atoms with Crippen LogP contribution in [0, 0.1) is 0 Å². The number of rotatable bonds is 3. The number of hydrogen-bond acceptors (Lipinski definition) is 3. The van der Waals surface area contributed by atoms with Gasteiger partial charge in [-0.15, -0.1) is 11.3 Å². The van der Waals surface area contributed by atoms with Crippen molar-refractivity contribution in [2.24, 2.45) is 4.99 Å². The molecule has 2 rings (SSSR count). The van der Waals surface area contributed by atoms with Gasteiger partial charge in [-0.1, -0.05) is 6.07 Å². The van der Waals surface area contributed by atoms with E-state index in [1.54, 1.807) is 7.05 Å². The number of carbonyl (C=O) groups excluding carboxylic acids is 1. The van der Waals surface area contributed by atoms with Gasteiger partial charge in [0.2, 0.25) is 0 Å². The molecular weight excluding hydrogens is 270 g/mol. The minimum atomic E-state index is -0.0765. The molecule has 0 radical (unpaired) electrons. The molecule has 1 N–H and O–H groups in total. The third-order valence-corrected chi connectivity index (χ3v) is 3.94. The lowest BCUT2D eigenvalue weighted by molar-refractivity contribution is 0.103. The molecule has 0 atom stereocenters. The van der Waals surface area contributed by atoms with Crippen molar-refractivity contribution in [2.75, 3.05) is 24.3 Å². The fraction of sp³-hybridized carbons (Fsp3) is 0.200. The van der Waals surface area contributed by atoms with Crippen molar-refractivity contribution in [3.8, 4) is 0 Å². The van der Waals surface area contributed by atoms with Crippen LogP contribution in [-0.2, 0) is 0 Å². The fourth-order valence-corrected chi connectivity index (χ4v) is 2.32. The van der Waals surface area contributed by atoms with Gasteiger partial charge in [0.1, 0.15) is 0 Å². The predicted octanol–water partition coefficient (Wildman–Crippen LogP) is 3.48. The summed E-state index contributed by atoms with van der Waals surface area (Å²) in [5, 5.41) is 4.77. The Morgan fingerprint density at radius 2 is 1.95 bits per heavy atom. The monoisotopic (exact) mass is 287 g/mol. The SMILES string of the molecule is CN=C(C)N(C)c1ccc(NC(=O)c2cccs2)cc1. The molecule has 0 bridgehead atoms. The van der Waals surface area contributed by atoms with E-state index >= 15 is 0 Å². The maximum atomic E-state index is 11.9. The molecule has 0 unspecified atom stereocenters. The molecule has 1 amide bonds. The summed E-state index contributed by atoms with van der Waals surface area (Å²) in [6, 6.07) is 11.4. The van der Waals surface area contributed by atoms with Crippen LogP contribution in [0.25, 0.3) is 0 Å². The van der Waals surface area contributed by atoms with Crippen molar-refractivity contribution in [1.29, 1.82) is 0 Å². The lowest BCUT2D eigenvalue weighted by Crippen LogP contribution is -2.23. The summed E-state index contributed by atoms with van der Waals surface area (Å²) in [5.41, 5.74) is 1.81. The molecule has 0 saturated heterocycles. The minimum absolute atomic E-state index is 0.0765. The molecule has 0 saturated carbocycles. The number of amides is 1. The number of aliphatic imine (C=N–C) groups is 1. The second-order valence-corrected chi connectivity index (χ2v) is 5.26. The molecule has 5 heteroatoms. The Balaban J connectivity index is 2.07. The lowest BCUT2D eigenvalue weighted by atomic mass is 10.2. The lowest BCUT2D eigenvalue weighted by Gasteiger charge is -2.18. The number of benzene rings is 1. The van der Waals surface area contributed by atoms with Crippen LogP contribution < -0.4 is 10.2 Å². The molecule has 0 aliphatic carbocycles. The zero-order chi connectivity index (χ0) is 14.5. The van der Waals surface area contributed by atoms with Gasteiger partial charge in [0.05, 0.1) is 10.7 Å². The largest absolute Gasteiger partial charge is 0.334 e. The number of nitrogens with zero attached hydrogens (tertiary/aromatic N) is 2. The number of amidine groups is 1. The minimum Gasteiger partial charge on any atom is -0.334 e. The van der Waals surface area contributed by atoms with E-state index in [0.29, 0.717) is 4.88 Å². The third kappa shape index (κ3) is 3.24. The Morgan fingerprint density at radius 3 is 2.50 bits per heavy atom. The van der Waals surface area contributed by atoms with E-state index in [1.165, 1.54) is 11.3 Å². The first-order valence-corrected chi connectivity index (χ1v) is 7.12. The molecule has 20 heavy (non-hydrogen) atoms. The van der Waals surface area contributed by atoms with Gasteiger partial charge in [-0.3, -0.25) is 9.79 Å². The molecular formula is C15H17N3OS. The van der Waals surface area contributed by atoms with Gasteiger partial charge >= 0.3 is 0 Å². The van der Waals surface area contributed by atoms with Gasteiger partial charge in [0.15, 0.2) is 0 Å². The standard InChI is InChI=1S/C15H17N3OS/c1-11(16-2)18(3)13-8-6-12(7-9-13)17-15(19)14-5-4-10-20-14/h4-10H,1-3H3,(H,17,19). The fourth-order valence-electron chi connectivity index (χ4n) is 1.71. The summed E-state index contributed by atoms with van der Waals surface area (Å²) in [5.74, 6) is 0.854.